The van der Waals surface area contributed by atoms with E-state index in [1.54, 1.807) is 4.68 Å². The van der Waals surface area contributed by atoms with Gasteiger partial charge in [-0.1, -0.05) is 19.1 Å². The Morgan fingerprint density at radius 2 is 2.10 bits per heavy atom. The van der Waals surface area contributed by atoms with Gasteiger partial charge in [0.15, 0.2) is 5.82 Å². The number of carbonyl (C=O) groups is 1. The SMILES string of the molecule is CC(CC(=O)O)c1ccc(-n2nnnc2C2CC2)cc1. The van der Waals surface area contributed by atoms with Gasteiger partial charge in [0.2, 0.25) is 0 Å². The molecule has 1 unspecified atom stereocenters. The summed E-state index contributed by atoms with van der Waals surface area (Å²) in [5.74, 6) is 0.614. The fraction of sp³-hybridized carbons (Fsp3) is 0.429. The van der Waals surface area contributed by atoms with Crippen LogP contribution in [-0.2, 0) is 4.79 Å². The molecule has 1 heterocycles. The lowest BCUT2D eigenvalue weighted by molar-refractivity contribution is -0.137. The van der Waals surface area contributed by atoms with E-state index in [0.717, 1.165) is 29.9 Å². The van der Waals surface area contributed by atoms with E-state index >= 15 is 0 Å². The zero-order valence-electron chi connectivity index (χ0n) is 11.2. The molecule has 6 heteroatoms. The van der Waals surface area contributed by atoms with E-state index in [1.807, 2.05) is 31.2 Å². The quantitative estimate of drug-likeness (QED) is 0.901. The lowest BCUT2D eigenvalue weighted by Gasteiger charge is -2.10. The molecule has 2 aromatic rings. The number of nitrogens with zero attached hydrogens (tertiary/aromatic N) is 4. The summed E-state index contributed by atoms with van der Waals surface area (Å²) in [6.07, 6.45) is 2.43. The van der Waals surface area contributed by atoms with E-state index in [2.05, 4.69) is 15.5 Å². The first kappa shape index (κ1) is 12.8. The van der Waals surface area contributed by atoms with E-state index in [-0.39, 0.29) is 12.3 Å². The lowest BCUT2D eigenvalue weighted by atomic mass is 9.98. The van der Waals surface area contributed by atoms with E-state index in [0.29, 0.717) is 5.92 Å². The highest BCUT2D eigenvalue weighted by Gasteiger charge is 2.29. The monoisotopic (exact) mass is 272 g/mol. The van der Waals surface area contributed by atoms with Crippen LogP contribution < -0.4 is 0 Å². The normalized spacial score (nSPS) is 16.1. The molecule has 1 aromatic carbocycles. The van der Waals surface area contributed by atoms with E-state index < -0.39 is 5.97 Å². The van der Waals surface area contributed by atoms with Crippen LogP contribution in [0.1, 0.15) is 49.4 Å². The fourth-order valence-corrected chi connectivity index (χ4v) is 2.30. The highest BCUT2D eigenvalue weighted by Crippen LogP contribution is 2.39. The van der Waals surface area contributed by atoms with Crippen molar-refractivity contribution in [1.29, 1.82) is 0 Å². The summed E-state index contributed by atoms with van der Waals surface area (Å²) in [7, 11) is 0. The molecule has 104 valence electrons. The van der Waals surface area contributed by atoms with Crippen LogP contribution in [0.3, 0.4) is 0 Å². The van der Waals surface area contributed by atoms with Crippen molar-refractivity contribution in [2.75, 3.05) is 0 Å². The van der Waals surface area contributed by atoms with Crippen molar-refractivity contribution in [1.82, 2.24) is 20.2 Å². The number of aliphatic carboxylic acids is 1. The molecule has 0 spiro atoms. The standard InChI is InChI=1S/C14H16N4O2/c1-9(8-13(19)20)10-4-6-12(7-5-10)18-14(11-2-3-11)15-16-17-18/h4-7,9,11H,2-3,8H2,1H3,(H,19,20). The molecule has 1 saturated carbocycles. The fourth-order valence-electron chi connectivity index (χ4n) is 2.30. The highest BCUT2D eigenvalue weighted by atomic mass is 16.4. The molecule has 0 aliphatic heterocycles. The molecule has 1 fully saturated rings. The van der Waals surface area contributed by atoms with E-state index in [4.69, 9.17) is 5.11 Å². The zero-order chi connectivity index (χ0) is 14.1. The molecule has 1 N–H and O–H groups in total. The van der Waals surface area contributed by atoms with Gasteiger partial charge >= 0.3 is 5.97 Å². The predicted molar refractivity (Wildman–Crippen MR) is 71.8 cm³/mol. The third-order valence-corrected chi connectivity index (χ3v) is 3.62. The highest BCUT2D eigenvalue weighted by molar-refractivity contribution is 5.68. The molecule has 1 aliphatic carbocycles. The predicted octanol–water partition coefficient (Wildman–Crippen LogP) is 2.12. The molecule has 0 amide bonds. The molecular formula is C14H16N4O2. The number of carboxylic acid groups (broad SMARTS) is 1. The average molecular weight is 272 g/mol. The van der Waals surface area contributed by atoms with Crippen LogP contribution in [0.5, 0.6) is 0 Å². The van der Waals surface area contributed by atoms with Crippen molar-refractivity contribution in [2.24, 2.45) is 0 Å². The minimum absolute atomic E-state index is 0.00155. The maximum atomic E-state index is 10.7. The molecule has 3 rings (SSSR count). The first-order valence-corrected chi connectivity index (χ1v) is 6.75. The van der Waals surface area contributed by atoms with Gasteiger partial charge < -0.3 is 5.11 Å². The van der Waals surface area contributed by atoms with Gasteiger partial charge in [0.1, 0.15) is 0 Å². The maximum Gasteiger partial charge on any atom is 0.303 e. The van der Waals surface area contributed by atoms with Gasteiger partial charge in [-0.15, -0.1) is 5.10 Å². The third-order valence-electron chi connectivity index (χ3n) is 3.62. The van der Waals surface area contributed by atoms with Crippen LogP contribution in [0.15, 0.2) is 24.3 Å². The number of tetrazole rings is 1. The van der Waals surface area contributed by atoms with Crippen molar-refractivity contribution in [2.45, 2.75) is 38.0 Å². The number of hydrogen-bond acceptors (Lipinski definition) is 4. The Morgan fingerprint density at radius 3 is 2.70 bits per heavy atom. The van der Waals surface area contributed by atoms with Gasteiger partial charge in [-0.25, -0.2) is 0 Å². The Kier molecular flexibility index (Phi) is 3.22. The van der Waals surface area contributed by atoms with Gasteiger partial charge in [-0.3, -0.25) is 4.79 Å². The van der Waals surface area contributed by atoms with E-state index in [9.17, 15) is 4.79 Å². The van der Waals surface area contributed by atoms with Crippen molar-refractivity contribution in [3.8, 4) is 5.69 Å². The minimum Gasteiger partial charge on any atom is -0.481 e. The van der Waals surface area contributed by atoms with Gasteiger partial charge in [0.05, 0.1) is 12.1 Å². The van der Waals surface area contributed by atoms with Crippen molar-refractivity contribution < 1.29 is 9.90 Å². The van der Waals surface area contributed by atoms with Crippen LogP contribution in [0.25, 0.3) is 5.69 Å². The minimum atomic E-state index is -0.780. The second kappa shape index (κ2) is 5.03. The van der Waals surface area contributed by atoms with Crippen LogP contribution in [0, 0.1) is 0 Å². The molecule has 6 nitrogen and oxygen atoms in total. The number of aromatic nitrogens is 4. The summed E-state index contributed by atoms with van der Waals surface area (Å²) in [5, 5.41) is 20.7. The number of rotatable bonds is 5. The molecular weight excluding hydrogens is 256 g/mol. The Labute approximate surface area is 116 Å². The van der Waals surface area contributed by atoms with Crippen LogP contribution in [-0.4, -0.2) is 31.3 Å². The smallest absolute Gasteiger partial charge is 0.303 e. The van der Waals surface area contributed by atoms with Gasteiger partial charge in [0.25, 0.3) is 0 Å². The van der Waals surface area contributed by atoms with E-state index in [1.165, 1.54) is 0 Å². The topological polar surface area (TPSA) is 80.9 Å². The van der Waals surface area contributed by atoms with Crippen LogP contribution in [0.4, 0.5) is 0 Å². The molecule has 1 aromatic heterocycles. The summed E-state index contributed by atoms with van der Waals surface area (Å²) in [4.78, 5) is 10.7. The number of hydrogen-bond donors (Lipinski definition) is 1. The Balaban J connectivity index is 1.82. The Hall–Kier alpha value is -2.24. The number of benzene rings is 1. The van der Waals surface area contributed by atoms with Crippen LogP contribution in [0.2, 0.25) is 0 Å². The Bertz CT molecular complexity index is 616. The van der Waals surface area contributed by atoms with Gasteiger partial charge in [0, 0.05) is 5.92 Å². The molecule has 0 bridgehead atoms. The van der Waals surface area contributed by atoms with Crippen molar-refractivity contribution in [3.63, 3.8) is 0 Å². The average Bonchev–Trinajstić information content (AvgIpc) is 3.16. The molecule has 0 radical (unpaired) electrons. The first-order valence-electron chi connectivity index (χ1n) is 6.75. The Morgan fingerprint density at radius 1 is 1.40 bits per heavy atom. The summed E-state index contributed by atoms with van der Waals surface area (Å²) in [5.41, 5.74) is 1.93. The molecule has 1 atom stereocenters. The second-order valence-corrected chi connectivity index (χ2v) is 5.31. The molecule has 0 saturated heterocycles. The summed E-state index contributed by atoms with van der Waals surface area (Å²) >= 11 is 0. The van der Waals surface area contributed by atoms with Gasteiger partial charge in [-0.05, 0) is 46.9 Å². The largest absolute Gasteiger partial charge is 0.481 e. The second-order valence-electron chi connectivity index (χ2n) is 5.31. The van der Waals surface area contributed by atoms with Gasteiger partial charge in [-0.2, -0.15) is 4.68 Å². The first-order chi connectivity index (χ1) is 9.65. The summed E-state index contributed by atoms with van der Waals surface area (Å²) < 4.78 is 1.77. The molecule has 20 heavy (non-hydrogen) atoms. The molecule has 1 aliphatic rings. The summed E-state index contributed by atoms with van der Waals surface area (Å²) in [6.45, 7) is 1.91. The zero-order valence-corrected chi connectivity index (χ0v) is 11.2. The number of carboxylic acids is 1. The lowest BCUT2D eigenvalue weighted by Crippen LogP contribution is -2.05. The summed E-state index contributed by atoms with van der Waals surface area (Å²) in [6, 6.07) is 7.77. The van der Waals surface area contributed by atoms with Crippen LogP contribution >= 0.6 is 0 Å². The van der Waals surface area contributed by atoms with Crippen molar-refractivity contribution >= 4 is 5.97 Å². The third kappa shape index (κ3) is 2.54. The van der Waals surface area contributed by atoms with Crippen molar-refractivity contribution in [3.05, 3.63) is 35.7 Å². The maximum absolute atomic E-state index is 10.7.